The van der Waals surface area contributed by atoms with Gasteiger partial charge in [0.05, 0.1) is 13.2 Å². The van der Waals surface area contributed by atoms with Gasteiger partial charge in [-0.2, -0.15) is 0 Å². The van der Waals surface area contributed by atoms with Gasteiger partial charge in [0, 0.05) is 45.4 Å². The topological polar surface area (TPSA) is 64.1 Å². The minimum absolute atomic E-state index is 0. The van der Waals surface area contributed by atoms with Gasteiger partial charge in [0.2, 0.25) is 0 Å². The van der Waals surface area contributed by atoms with Crippen LogP contribution in [0.25, 0.3) is 0 Å². The van der Waals surface area contributed by atoms with Crippen molar-refractivity contribution in [1.82, 2.24) is 10.6 Å². The Hall–Kier alpha value is -1.06. The highest BCUT2D eigenvalue weighted by Crippen LogP contribution is 2.35. The highest BCUT2D eigenvalue weighted by Gasteiger charge is 2.34. The molecule has 6 nitrogen and oxygen atoms in total. The lowest BCUT2D eigenvalue weighted by Crippen LogP contribution is -2.48. The summed E-state index contributed by atoms with van der Waals surface area (Å²) in [5, 5.41) is 7.00. The number of hydrogen-bond acceptors (Lipinski definition) is 4. The normalized spacial score (nSPS) is 19.4. The van der Waals surface area contributed by atoms with Crippen molar-refractivity contribution < 1.29 is 14.2 Å². The van der Waals surface area contributed by atoms with E-state index in [1.54, 1.807) is 7.11 Å². The maximum Gasteiger partial charge on any atom is 0.191 e. The summed E-state index contributed by atoms with van der Waals surface area (Å²) in [6, 6.07) is 8.47. The molecule has 7 heteroatoms. The fourth-order valence-corrected chi connectivity index (χ4v) is 4.51. The van der Waals surface area contributed by atoms with Crippen LogP contribution in [0.4, 0.5) is 0 Å². The molecule has 0 radical (unpaired) electrons. The molecule has 3 rings (SSSR count). The first-order valence-corrected chi connectivity index (χ1v) is 11.5. The quantitative estimate of drug-likeness (QED) is 0.210. The highest BCUT2D eigenvalue weighted by molar-refractivity contribution is 14.0. The fourth-order valence-electron chi connectivity index (χ4n) is 4.51. The second-order valence-corrected chi connectivity index (χ2v) is 8.46. The number of nitrogens with zero attached hydrogens (tertiary/aromatic N) is 1. The lowest BCUT2D eigenvalue weighted by Gasteiger charge is -2.38. The maximum atomic E-state index is 6.02. The predicted molar refractivity (Wildman–Crippen MR) is 137 cm³/mol. The number of halogens is 1. The number of aliphatic imine (C=N–C) groups is 1. The molecule has 0 bridgehead atoms. The molecule has 0 unspecified atom stereocenters. The van der Waals surface area contributed by atoms with Crippen molar-refractivity contribution in [3.8, 4) is 5.75 Å². The third kappa shape index (κ3) is 8.09. The van der Waals surface area contributed by atoms with Crippen LogP contribution >= 0.6 is 24.0 Å². The molecule has 0 spiro atoms. The van der Waals surface area contributed by atoms with Crippen molar-refractivity contribution in [1.29, 1.82) is 0 Å². The second kappa shape index (κ2) is 14.2. The number of methoxy groups -OCH3 is 1. The molecule has 1 aromatic carbocycles. The van der Waals surface area contributed by atoms with Crippen molar-refractivity contribution in [2.75, 3.05) is 47.1 Å². The molecule has 176 valence electrons. The molecule has 0 atom stereocenters. The molecule has 1 aromatic rings. The van der Waals surface area contributed by atoms with E-state index in [0.29, 0.717) is 6.10 Å². The molecule has 1 aliphatic heterocycles. The Bertz CT molecular complexity index is 642. The van der Waals surface area contributed by atoms with E-state index in [1.807, 2.05) is 19.2 Å². The van der Waals surface area contributed by atoms with Gasteiger partial charge in [0.25, 0.3) is 0 Å². The van der Waals surface area contributed by atoms with Gasteiger partial charge in [-0.3, -0.25) is 4.99 Å². The molecule has 1 saturated heterocycles. The van der Waals surface area contributed by atoms with E-state index in [4.69, 9.17) is 14.2 Å². The first kappa shape index (κ1) is 26.2. The van der Waals surface area contributed by atoms with Crippen LogP contribution in [0.3, 0.4) is 0 Å². The Kier molecular flexibility index (Phi) is 12.0. The van der Waals surface area contributed by atoms with Gasteiger partial charge in [0.15, 0.2) is 5.96 Å². The lowest BCUT2D eigenvalue weighted by molar-refractivity contribution is 0.0276. The van der Waals surface area contributed by atoms with Crippen molar-refractivity contribution >= 4 is 29.9 Å². The van der Waals surface area contributed by atoms with E-state index < -0.39 is 0 Å². The standard InChI is InChI=1S/C24H39N3O3.HI/c1-25-23(26-15-6-16-30-22-7-4-3-5-8-22)27-19-24(13-17-29-18-14-24)20-9-11-21(28-2)12-10-20;/h9-12,22H,3-8,13-19H2,1-2H3,(H2,25,26,27);1H. The smallest absolute Gasteiger partial charge is 0.191 e. The predicted octanol–water partition coefficient (Wildman–Crippen LogP) is 4.27. The first-order chi connectivity index (χ1) is 14.8. The molecule has 31 heavy (non-hydrogen) atoms. The second-order valence-electron chi connectivity index (χ2n) is 8.46. The average Bonchev–Trinajstić information content (AvgIpc) is 2.82. The molecule has 2 aliphatic rings. The number of rotatable bonds is 9. The lowest BCUT2D eigenvalue weighted by atomic mass is 9.74. The summed E-state index contributed by atoms with van der Waals surface area (Å²) in [5.41, 5.74) is 1.38. The molecule has 1 aliphatic carbocycles. The van der Waals surface area contributed by atoms with E-state index in [9.17, 15) is 0 Å². The maximum absolute atomic E-state index is 6.02. The van der Waals surface area contributed by atoms with Gasteiger partial charge in [0.1, 0.15) is 5.75 Å². The van der Waals surface area contributed by atoms with Crippen molar-refractivity contribution in [3.05, 3.63) is 29.8 Å². The van der Waals surface area contributed by atoms with E-state index in [2.05, 4.69) is 27.8 Å². The number of nitrogens with one attached hydrogen (secondary N) is 2. The summed E-state index contributed by atoms with van der Waals surface area (Å²) in [7, 11) is 3.54. The zero-order valence-corrected chi connectivity index (χ0v) is 21.5. The summed E-state index contributed by atoms with van der Waals surface area (Å²) >= 11 is 0. The summed E-state index contributed by atoms with van der Waals surface area (Å²) < 4.78 is 17.0. The average molecular weight is 546 g/mol. The molecule has 2 fully saturated rings. The molecular weight excluding hydrogens is 505 g/mol. The van der Waals surface area contributed by atoms with Gasteiger partial charge in [-0.1, -0.05) is 31.4 Å². The van der Waals surface area contributed by atoms with Crippen LogP contribution < -0.4 is 15.4 Å². The summed E-state index contributed by atoms with van der Waals surface area (Å²) in [6.07, 6.45) is 9.94. The molecule has 1 heterocycles. The zero-order chi connectivity index (χ0) is 21.1. The molecule has 2 N–H and O–H groups in total. The van der Waals surface area contributed by atoms with Gasteiger partial charge >= 0.3 is 0 Å². The first-order valence-electron chi connectivity index (χ1n) is 11.5. The van der Waals surface area contributed by atoms with E-state index in [1.165, 1.54) is 37.7 Å². The number of ether oxygens (including phenoxy) is 3. The van der Waals surface area contributed by atoms with Gasteiger partial charge in [-0.25, -0.2) is 0 Å². The van der Waals surface area contributed by atoms with Crippen LogP contribution in [0.1, 0.15) is 56.9 Å². The third-order valence-electron chi connectivity index (χ3n) is 6.49. The van der Waals surface area contributed by atoms with Gasteiger partial charge in [-0.15, -0.1) is 24.0 Å². The molecule has 0 amide bonds. The van der Waals surface area contributed by atoms with Gasteiger partial charge in [-0.05, 0) is 49.8 Å². The summed E-state index contributed by atoms with van der Waals surface area (Å²) in [4.78, 5) is 4.41. The Morgan fingerprint density at radius 2 is 1.81 bits per heavy atom. The Balaban J connectivity index is 0.00000341. The van der Waals surface area contributed by atoms with E-state index in [0.717, 1.165) is 63.9 Å². The van der Waals surface area contributed by atoms with Crippen LogP contribution in [0.15, 0.2) is 29.3 Å². The zero-order valence-electron chi connectivity index (χ0n) is 19.2. The number of hydrogen-bond donors (Lipinski definition) is 2. The fraction of sp³-hybridized carbons (Fsp3) is 0.708. The van der Waals surface area contributed by atoms with E-state index >= 15 is 0 Å². The van der Waals surface area contributed by atoms with Crippen LogP contribution in [0, 0.1) is 0 Å². The van der Waals surface area contributed by atoms with Crippen molar-refractivity contribution in [2.45, 2.75) is 62.9 Å². The Morgan fingerprint density at radius 1 is 1.10 bits per heavy atom. The Morgan fingerprint density at radius 3 is 2.45 bits per heavy atom. The van der Waals surface area contributed by atoms with Crippen LogP contribution in [-0.4, -0.2) is 59.1 Å². The number of guanidine groups is 1. The van der Waals surface area contributed by atoms with Crippen LogP contribution in [0.5, 0.6) is 5.75 Å². The third-order valence-corrected chi connectivity index (χ3v) is 6.49. The minimum atomic E-state index is 0. The largest absolute Gasteiger partial charge is 0.497 e. The SMILES string of the molecule is CN=C(NCCCOC1CCCCC1)NCC1(c2ccc(OC)cc2)CCOCC1.I. The Labute approximate surface area is 204 Å². The molecule has 0 aromatic heterocycles. The summed E-state index contributed by atoms with van der Waals surface area (Å²) in [6.45, 7) is 4.10. The summed E-state index contributed by atoms with van der Waals surface area (Å²) in [5.74, 6) is 1.74. The van der Waals surface area contributed by atoms with Crippen molar-refractivity contribution in [2.24, 2.45) is 4.99 Å². The van der Waals surface area contributed by atoms with E-state index in [-0.39, 0.29) is 29.4 Å². The molecular formula is C24H40IN3O3. The number of benzene rings is 1. The molecule has 1 saturated carbocycles. The van der Waals surface area contributed by atoms with Crippen LogP contribution in [0.2, 0.25) is 0 Å². The highest BCUT2D eigenvalue weighted by atomic mass is 127. The monoisotopic (exact) mass is 545 g/mol. The van der Waals surface area contributed by atoms with Crippen LogP contribution in [-0.2, 0) is 14.9 Å². The van der Waals surface area contributed by atoms with Gasteiger partial charge < -0.3 is 24.8 Å². The minimum Gasteiger partial charge on any atom is -0.497 e. The van der Waals surface area contributed by atoms with Crippen molar-refractivity contribution in [3.63, 3.8) is 0 Å².